The molecule has 7 nitrogen and oxygen atoms in total. The van der Waals surface area contributed by atoms with Gasteiger partial charge in [-0.3, -0.25) is 9.98 Å². The van der Waals surface area contributed by atoms with Crippen molar-refractivity contribution >= 4 is 22.3 Å². The Morgan fingerprint density at radius 1 is 1.19 bits per heavy atom. The van der Waals surface area contributed by atoms with Gasteiger partial charge in [-0.2, -0.15) is 10.2 Å². The molecule has 1 unspecified atom stereocenters. The van der Waals surface area contributed by atoms with Crippen molar-refractivity contribution in [3.05, 3.63) is 58.9 Å². The number of benzene rings is 1. The maximum Gasteiger partial charge on any atom is 0.142 e. The normalized spacial score (nSPS) is 20.1. The van der Waals surface area contributed by atoms with Crippen molar-refractivity contribution in [3.8, 4) is 0 Å². The van der Waals surface area contributed by atoms with E-state index in [4.69, 9.17) is 9.73 Å². The van der Waals surface area contributed by atoms with Crippen molar-refractivity contribution in [1.82, 2.24) is 20.4 Å². The van der Waals surface area contributed by atoms with Crippen LogP contribution < -0.4 is 5.32 Å². The summed E-state index contributed by atoms with van der Waals surface area (Å²) in [6, 6.07) is 5.26. The maximum atomic E-state index is 15.4. The van der Waals surface area contributed by atoms with Crippen LogP contribution in [0.2, 0.25) is 0 Å². The largest absolute Gasteiger partial charge is 0.490 e. The number of hydrogen-bond acceptors (Lipinski definition) is 7. The second-order valence-electron chi connectivity index (χ2n) is 10.3. The second kappa shape index (κ2) is 12.5. The summed E-state index contributed by atoms with van der Waals surface area (Å²) in [6.07, 6.45) is 7.85. The minimum Gasteiger partial charge on any atom is -0.490 e. The third kappa shape index (κ3) is 7.08. The summed E-state index contributed by atoms with van der Waals surface area (Å²) >= 11 is 0. The summed E-state index contributed by atoms with van der Waals surface area (Å²) in [5.41, 5.74) is 4.52. The van der Waals surface area contributed by atoms with Crippen LogP contribution in [0, 0.1) is 11.7 Å². The fraction of sp³-hybridized carbons (Fsp3) is 0.517. The first-order chi connectivity index (χ1) is 17.8. The number of piperidine rings is 1. The Kier molecular flexibility index (Phi) is 9.16. The summed E-state index contributed by atoms with van der Waals surface area (Å²) in [5.74, 6) is 1.13. The minimum absolute atomic E-state index is 0.315. The maximum absolute atomic E-state index is 15.4. The molecular weight excluding hydrogens is 467 g/mol. The minimum atomic E-state index is -0.318. The molecule has 0 amide bonds. The molecule has 3 heterocycles. The number of ether oxygens (including phenoxy) is 1. The predicted molar refractivity (Wildman–Crippen MR) is 149 cm³/mol. The highest BCUT2D eigenvalue weighted by molar-refractivity contribution is 6.14. The first kappa shape index (κ1) is 27.1. The van der Waals surface area contributed by atoms with Gasteiger partial charge in [0.15, 0.2) is 0 Å². The quantitative estimate of drug-likeness (QED) is 0.408. The van der Waals surface area contributed by atoms with Crippen molar-refractivity contribution in [3.63, 3.8) is 0 Å². The van der Waals surface area contributed by atoms with E-state index in [1.54, 1.807) is 7.05 Å². The van der Waals surface area contributed by atoms with E-state index in [9.17, 15) is 0 Å². The summed E-state index contributed by atoms with van der Waals surface area (Å²) in [5, 5.41) is 12.7. The molecule has 37 heavy (non-hydrogen) atoms. The summed E-state index contributed by atoms with van der Waals surface area (Å²) in [6.45, 7) is 7.41. The van der Waals surface area contributed by atoms with Crippen LogP contribution in [0.5, 0.6) is 0 Å². The Hall–Kier alpha value is -2.97. The lowest BCUT2D eigenvalue weighted by atomic mass is 9.93. The van der Waals surface area contributed by atoms with Gasteiger partial charge in [-0.25, -0.2) is 4.39 Å². The molecule has 1 aromatic carbocycles. The molecular formula is C29H39FN6O. The monoisotopic (exact) mass is 506 g/mol. The first-order valence-electron chi connectivity index (χ1n) is 13.2. The molecule has 1 aromatic heterocycles. The molecule has 2 aliphatic heterocycles. The van der Waals surface area contributed by atoms with Gasteiger partial charge in [-0.1, -0.05) is 13.0 Å². The van der Waals surface area contributed by atoms with Gasteiger partial charge >= 0.3 is 0 Å². The molecule has 2 aromatic rings. The first-order valence-corrected chi connectivity index (χ1v) is 13.2. The fourth-order valence-electron chi connectivity index (χ4n) is 4.87. The molecule has 0 saturated carbocycles. The number of rotatable bonds is 8. The van der Waals surface area contributed by atoms with Crippen LogP contribution in [0.3, 0.4) is 0 Å². The number of hydrogen-bond donors (Lipinski definition) is 1. The highest BCUT2D eigenvalue weighted by Gasteiger charge is 2.20. The molecule has 1 saturated heterocycles. The van der Waals surface area contributed by atoms with Gasteiger partial charge in [-0.15, -0.1) is 0 Å². The van der Waals surface area contributed by atoms with Crippen LogP contribution in [0.1, 0.15) is 56.7 Å². The number of nitrogens with one attached hydrogen (secondary N) is 1. The smallest absolute Gasteiger partial charge is 0.142 e. The molecule has 0 radical (unpaired) electrons. The van der Waals surface area contributed by atoms with Crippen molar-refractivity contribution in [2.75, 3.05) is 47.4 Å². The third-order valence-corrected chi connectivity index (χ3v) is 6.99. The van der Waals surface area contributed by atoms with E-state index in [0.717, 1.165) is 62.4 Å². The van der Waals surface area contributed by atoms with Gasteiger partial charge in [0.05, 0.1) is 22.6 Å². The topological polar surface area (TPSA) is 75.0 Å². The van der Waals surface area contributed by atoms with Gasteiger partial charge in [0.1, 0.15) is 18.2 Å². The standard InChI is InChI=1S/C29H39FN6O/c1-19-6-7-25(33-20(2)14-19)29(37-13-12-36(4)5)18-26(31-3)22-15-24(30)23-17-27(34-35-28(23)16-22)21-8-10-32-11-9-21/h14-19,21,32H,6-13H2,1-5H3/b29-18+,31-26?. The van der Waals surface area contributed by atoms with Crippen LogP contribution >= 0.6 is 0 Å². The molecule has 198 valence electrons. The van der Waals surface area contributed by atoms with Crippen LogP contribution in [0.4, 0.5) is 4.39 Å². The van der Waals surface area contributed by atoms with E-state index in [1.165, 1.54) is 6.07 Å². The van der Waals surface area contributed by atoms with Gasteiger partial charge < -0.3 is 15.0 Å². The van der Waals surface area contributed by atoms with Crippen LogP contribution in [-0.2, 0) is 4.74 Å². The fourth-order valence-corrected chi connectivity index (χ4v) is 4.87. The van der Waals surface area contributed by atoms with E-state index in [0.29, 0.717) is 46.4 Å². The highest BCUT2D eigenvalue weighted by Crippen LogP contribution is 2.27. The number of aromatic nitrogens is 2. The Balaban J connectivity index is 1.67. The van der Waals surface area contributed by atoms with E-state index >= 15 is 4.39 Å². The average molecular weight is 507 g/mol. The number of nitrogens with zero attached hydrogens (tertiary/aromatic N) is 5. The van der Waals surface area contributed by atoms with E-state index in [-0.39, 0.29) is 5.82 Å². The zero-order valence-electron chi connectivity index (χ0n) is 22.7. The molecule has 1 atom stereocenters. The molecule has 1 fully saturated rings. The van der Waals surface area contributed by atoms with E-state index < -0.39 is 0 Å². The Labute approximate surface area is 219 Å². The zero-order chi connectivity index (χ0) is 26.4. The lowest BCUT2D eigenvalue weighted by Gasteiger charge is -2.21. The lowest BCUT2D eigenvalue weighted by Crippen LogP contribution is -2.27. The molecule has 0 bridgehead atoms. The number of fused-ring (bicyclic) bond motifs is 1. The van der Waals surface area contributed by atoms with Gasteiger partial charge in [0, 0.05) is 42.2 Å². The van der Waals surface area contributed by atoms with Crippen molar-refractivity contribution in [1.29, 1.82) is 0 Å². The van der Waals surface area contributed by atoms with Gasteiger partial charge in [-0.05, 0) is 83.9 Å². The molecule has 1 N–H and O–H groups in total. The van der Waals surface area contributed by atoms with Crippen LogP contribution in [0.25, 0.3) is 10.9 Å². The molecule has 8 heteroatoms. The Bertz CT molecular complexity index is 1230. The van der Waals surface area contributed by atoms with Crippen LogP contribution in [-0.4, -0.2) is 73.9 Å². The van der Waals surface area contributed by atoms with Gasteiger partial charge in [0.25, 0.3) is 0 Å². The number of likely N-dealkylation sites (N-methyl/N-ethyl adjacent to an activating group) is 1. The summed E-state index contributed by atoms with van der Waals surface area (Å²) in [4.78, 5) is 11.4. The van der Waals surface area contributed by atoms with E-state index in [1.807, 2.05) is 39.2 Å². The van der Waals surface area contributed by atoms with Crippen LogP contribution in [0.15, 0.2) is 51.8 Å². The molecule has 4 rings (SSSR count). The Morgan fingerprint density at radius 2 is 1.97 bits per heavy atom. The zero-order valence-corrected chi connectivity index (χ0v) is 22.7. The highest BCUT2D eigenvalue weighted by atomic mass is 19.1. The Morgan fingerprint density at radius 3 is 2.70 bits per heavy atom. The SMILES string of the molecule is CN=C(/C=C(/OCCN(C)C)C1=NC(C)=CC(C)CC1)c1cc(F)c2cc(C3CCNCC3)nnc2c1. The molecule has 2 aliphatic rings. The van der Waals surface area contributed by atoms with E-state index in [2.05, 4.69) is 38.4 Å². The predicted octanol–water partition coefficient (Wildman–Crippen LogP) is 4.89. The summed E-state index contributed by atoms with van der Waals surface area (Å²) in [7, 11) is 5.73. The second-order valence-corrected chi connectivity index (χ2v) is 10.3. The number of aliphatic imine (C=N–C) groups is 2. The average Bonchev–Trinajstić information content (AvgIpc) is 3.05. The lowest BCUT2D eigenvalue weighted by molar-refractivity contribution is 0.197. The van der Waals surface area contributed by atoms with Crippen molar-refractivity contribution in [2.45, 2.75) is 45.4 Å². The van der Waals surface area contributed by atoms with Crippen molar-refractivity contribution in [2.24, 2.45) is 15.9 Å². The van der Waals surface area contributed by atoms with Gasteiger partial charge in [0.2, 0.25) is 0 Å². The molecule has 0 spiro atoms. The third-order valence-electron chi connectivity index (χ3n) is 6.99. The number of halogens is 1. The summed E-state index contributed by atoms with van der Waals surface area (Å²) < 4.78 is 21.6. The van der Waals surface area contributed by atoms with Crippen molar-refractivity contribution < 1.29 is 9.13 Å². The molecule has 0 aliphatic carbocycles. The number of allylic oxidation sites excluding steroid dienone is 4.